The smallest absolute Gasteiger partial charge is 0.373 e. The maximum atomic E-state index is 9.73. The summed E-state index contributed by atoms with van der Waals surface area (Å²) in [5.74, 6) is 0.272. The molecule has 6 saturated carbocycles. The average molecular weight is 1900 g/mol. The minimum atomic E-state index is -0.571. The second-order valence-corrected chi connectivity index (χ2v) is 38.1. The number of methoxy groups -OCH3 is 7. The number of carbonyl (C=O) groups excluding carboxylic acids is 13. The number of ether oxygens (including phenoxy) is 28. The summed E-state index contributed by atoms with van der Waals surface area (Å²) >= 11 is 0. The van der Waals surface area contributed by atoms with Gasteiger partial charge in [0.05, 0.1) is 0 Å². The molecule has 14 saturated heterocycles. The molecular weight excluding hydrogens is 1760 g/mol. The zero-order chi connectivity index (χ0) is 100. The predicted octanol–water partition coefficient (Wildman–Crippen LogP) is 7.47. The highest BCUT2D eigenvalue weighted by Gasteiger charge is 2.79. The lowest BCUT2D eigenvalue weighted by atomic mass is 10.1. The van der Waals surface area contributed by atoms with E-state index in [9.17, 15) is 4.79 Å². The van der Waals surface area contributed by atoms with Gasteiger partial charge in [-0.1, -0.05) is 86.6 Å². The van der Waals surface area contributed by atoms with Gasteiger partial charge in [0.2, 0.25) is 12.1 Å². The van der Waals surface area contributed by atoms with E-state index in [1.165, 1.54) is 6.92 Å². The number of Topliss-reactive ketones (excluding diaryl/α,β-unsaturated/α-hetero) is 1. The predicted molar refractivity (Wildman–Crippen MR) is 436 cm³/mol. The van der Waals surface area contributed by atoms with E-state index in [4.69, 9.17) is 196 Å². The maximum absolute atomic E-state index is 9.73. The van der Waals surface area contributed by atoms with Gasteiger partial charge in [-0.25, -0.2) is 0 Å². The zero-order valence-electron chi connectivity index (χ0n) is 81.5. The SMILES string of the molecule is C=C1O[C@@H](OC)[C@@H]2OC(C)(C)O[C@H]12.CC(=O)C=[N+]=[N-].CCC1C[C@@]12O[C@@H](OC)[C@H]1OC(C)(C)OC12.CCC1C[C@]12O[C@@H](OC)[C@H]1OC(C)(C)OC12.CC[C@@H]1C[C@@]12O[C@@H](OC)[C@H]1OC(C)(C)OC12.CC[C@@H]1C[C@]12O[C@@H](OC)[C@H]1OC(C)(C)OC12.CC[C@H]1C[C@@]12O[C@@H](OC)[C@H]1OC(C)(C)OC12.CC[C@H]1C[C@]12O[C@@H](OC)[C@H]1OC(C)(C)OC12.O=C=O.O=C=O.O=C=O.O=C=O.O=C=O.O=C=O. The van der Waals surface area contributed by atoms with Crippen molar-refractivity contribution in [1.82, 2.24) is 0 Å². The van der Waals surface area contributed by atoms with Crippen LogP contribution in [0.15, 0.2) is 12.3 Å². The second kappa shape index (κ2) is 45.8. The fourth-order valence-electron chi connectivity index (χ4n) is 21.0. The third kappa shape index (κ3) is 25.2. The third-order valence-electron chi connectivity index (χ3n) is 26.7. The molecule has 14 heterocycles. The van der Waals surface area contributed by atoms with Crippen molar-refractivity contribution in [3.63, 3.8) is 0 Å². The van der Waals surface area contributed by atoms with Crippen molar-refractivity contribution in [1.29, 1.82) is 0 Å². The fraction of sp³-hybridized carbons (Fsp3) is 0.889. The van der Waals surface area contributed by atoms with Crippen LogP contribution in [-0.4, -0.2) is 307 Å². The van der Waals surface area contributed by atoms with Gasteiger partial charge >= 0.3 is 43.1 Å². The molecule has 33 atom stereocenters. The van der Waals surface area contributed by atoms with Crippen LogP contribution in [0.3, 0.4) is 0 Å². The Morgan fingerprint density at radius 3 is 0.586 bits per heavy atom. The van der Waals surface area contributed by atoms with Crippen molar-refractivity contribution in [2.75, 3.05) is 49.8 Å². The molecule has 43 heteroatoms. The first-order chi connectivity index (χ1) is 62.4. The summed E-state index contributed by atoms with van der Waals surface area (Å²) < 4.78 is 161. The van der Waals surface area contributed by atoms with Crippen LogP contribution in [0.25, 0.3) is 5.53 Å². The normalized spacial score (nSPS) is 43.2. The van der Waals surface area contributed by atoms with Gasteiger partial charge in [0.25, 0.3) is 0 Å². The van der Waals surface area contributed by atoms with Crippen molar-refractivity contribution in [2.45, 2.75) is 426 Å². The minimum absolute atomic E-state index is 0.0393. The molecule has 0 aromatic rings. The Labute approximate surface area is 774 Å². The van der Waals surface area contributed by atoms with Crippen molar-refractivity contribution < 1.29 is 200 Å². The lowest BCUT2D eigenvalue weighted by Crippen LogP contribution is -2.32. The molecule has 0 amide bonds. The molecule has 14 aliphatic heterocycles. The Kier molecular flexibility index (Phi) is 39.2. The van der Waals surface area contributed by atoms with Gasteiger partial charge in [-0.3, -0.25) is 4.79 Å². The Morgan fingerprint density at radius 1 is 0.301 bits per heavy atom. The van der Waals surface area contributed by atoms with E-state index in [0.29, 0.717) is 41.3 Å². The molecule has 0 aromatic carbocycles. The van der Waals surface area contributed by atoms with Crippen LogP contribution in [0.2, 0.25) is 0 Å². The molecule has 0 N–H and O–H groups in total. The van der Waals surface area contributed by atoms with E-state index in [1.54, 1.807) is 49.8 Å². The second-order valence-electron chi connectivity index (χ2n) is 38.1. The molecule has 43 nitrogen and oxygen atoms in total. The third-order valence-corrected chi connectivity index (χ3v) is 26.7. The number of hydrogen-bond donors (Lipinski definition) is 0. The molecule has 133 heavy (non-hydrogen) atoms. The van der Waals surface area contributed by atoms with E-state index in [1.807, 2.05) is 96.9 Å². The Morgan fingerprint density at radius 2 is 0.459 bits per heavy atom. The summed E-state index contributed by atoms with van der Waals surface area (Å²) in [6, 6.07) is 0. The molecular formula is C90H138N2O41. The number of fused-ring (bicyclic) bond motifs is 13. The molecule has 20 aliphatic rings. The van der Waals surface area contributed by atoms with Gasteiger partial charge in [-0.05, 0) is 171 Å². The van der Waals surface area contributed by atoms with Gasteiger partial charge < -0.3 is 138 Å². The van der Waals surface area contributed by atoms with E-state index in [0.717, 1.165) is 83.3 Å². The van der Waals surface area contributed by atoms with E-state index < -0.39 is 40.5 Å². The molecule has 8 unspecified atom stereocenters. The molecule has 754 valence electrons. The Balaban J connectivity index is 0.000000204. The number of carbonyl (C=O) groups is 1. The summed E-state index contributed by atoms with van der Waals surface area (Å²) in [4.78, 5) is 110. The summed E-state index contributed by atoms with van der Waals surface area (Å²) in [6.07, 6.45) is 12.9. The van der Waals surface area contributed by atoms with Crippen molar-refractivity contribution >= 4 is 48.9 Å². The standard InChI is InChI=1S/6C12H20O4.C9H14O4.C3H4N2O.6CO2/c6*1-5-7-6-12(7)9-8(10(13-4)16-12)14-11(2,3)15-9;1-5-6-7(8(10-4)11-5)13-9(2,3)12-6;1-3(6)2-5-4;6*2-1-3/h6*7-10H,5-6H2,1-4H3;6-8H,1H2,2-4H3;2H,1H3;;;;;;/t7?,8-,9?,10+,12+;7?,8-,9?,10+,12-;7-,8+,9?,10-,12+;7-,8+,9?,10-,12-;7-,8-,9?,10+,12+;7-,8-,9?,10+,12-;6-,7-,8-;;;;;;;/m0011001......./s1. The molecule has 0 radical (unpaired) electrons. The number of ketones is 1. The number of hydrogen-bond acceptors (Lipinski definition) is 41. The lowest BCUT2D eigenvalue weighted by Gasteiger charge is -2.24. The van der Waals surface area contributed by atoms with Crippen LogP contribution in [0, 0.1) is 35.5 Å². The molecule has 0 aromatic heterocycles. The van der Waals surface area contributed by atoms with Gasteiger partial charge in [-0.15, -0.1) is 0 Å². The highest BCUT2D eigenvalue weighted by atomic mass is 16.9. The van der Waals surface area contributed by atoms with E-state index in [2.05, 4.69) is 52.9 Å². The van der Waals surface area contributed by atoms with Crippen molar-refractivity contribution in [3.05, 3.63) is 17.9 Å². The minimum Gasteiger partial charge on any atom is -0.464 e. The van der Waals surface area contributed by atoms with Crippen molar-refractivity contribution in [3.8, 4) is 0 Å². The highest BCUT2D eigenvalue weighted by molar-refractivity contribution is 6.23. The van der Waals surface area contributed by atoms with Crippen LogP contribution >= 0.6 is 0 Å². The quantitative estimate of drug-likeness (QED) is 0.0924. The summed E-state index contributed by atoms with van der Waals surface area (Å²) in [5, 5.41) is 0. The Bertz CT molecular complexity index is 3550. The number of rotatable bonds is 14. The summed E-state index contributed by atoms with van der Waals surface area (Å²) in [7, 11) is 11.6. The van der Waals surface area contributed by atoms with Gasteiger partial charge in [0.1, 0.15) is 119 Å². The molecule has 0 bridgehead atoms. The molecule has 6 spiro atoms. The lowest BCUT2D eigenvalue weighted by molar-refractivity contribution is -0.234. The summed E-state index contributed by atoms with van der Waals surface area (Å²) in [6.45, 7) is 45.4. The van der Waals surface area contributed by atoms with Crippen LogP contribution < -0.4 is 0 Å². The maximum Gasteiger partial charge on any atom is 0.373 e. The van der Waals surface area contributed by atoms with Crippen LogP contribution in [0.1, 0.15) is 222 Å². The molecule has 20 rings (SSSR count). The fourth-order valence-corrected chi connectivity index (χ4v) is 21.0. The van der Waals surface area contributed by atoms with Gasteiger partial charge in [0.15, 0.2) is 84.4 Å². The van der Waals surface area contributed by atoms with Crippen LogP contribution in [0.5, 0.6) is 0 Å². The summed E-state index contributed by atoms with van der Waals surface area (Å²) in [5.41, 5.74) is 6.80. The highest BCUT2D eigenvalue weighted by Crippen LogP contribution is 2.67. The topological polar surface area (TPSA) is 517 Å². The van der Waals surface area contributed by atoms with Crippen LogP contribution in [-0.2, 0) is 195 Å². The van der Waals surface area contributed by atoms with Crippen molar-refractivity contribution in [2.24, 2.45) is 35.5 Å². The first-order valence-corrected chi connectivity index (χ1v) is 44.7. The van der Waals surface area contributed by atoms with Gasteiger partial charge in [0, 0.05) is 56.7 Å². The molecule has 20 fully saturated rings. The zero-order valence-corrected chi connectivity index (χ0v) is 81.5. The number of nitrogens with zero attached hydrogens (tertiary/aromatic N) is 2. The van der Waals surface area contributed by atoms with Gasteiger partial charge in [-0.2, -0.15) is 62.3 Å². The monoisotopic (exact) mass is 1900 g/mol. The molecule has 6 aliphatic carbocycles. The van der Waals surface area contributed by atoms with E-state index in [-0.39, 0.29) is 206 Å². The van der Waals surface area contributed by atoms with Crippen LogP contribution in [0.4, 0.5) is 0 Å². The largest absolute Gasteiger partial charge is 0.464 e. The first kappa shape index (κ1) is 114. The first-order valence-electron chi connectivity index (χ1n) is 44.7. The Hall–Kier alpha value is -6.21. The average Bonchev–Trinajstić information content (AvgIpc) is 1.56. The van der Waals surface area contributed by atoms with E-state index >= 15 is 0 Å².